The number of hydrogen-bond acceptors (Lipinski definition) is 4. The first-order valence-corrected chi connectivity index (χ1v) is 7.46. The lowest BCUT2D eigenvalue weighted by Crippen LogP contribution is -2.44. The van der Waals surface area contributed by atoms with Crippen LogP contribution in [0.15, 0.2) is 18.2 Å². The second kappa shape index (κ2) is 6.39. The molecular weight excluding hydrogens is 272 g/mol. The van der Waals surface area contributed by atoms with Crippen molar-refractivity contribution in [1.82, 2.24) is 15.5 Å². The van der Waals surface area contributed by atoms with Gasteiger partial charge in [0.05, 0.1) is 5.69 Å². The van der Waals surface area contributed by atoms with Crippen molar-refractivity contribution >= 4 is 23.0 Å². The second-order valence-electron chi connectivity index (χ2n) is 5.04. The third-order valence-electron chi connectivity index (χ3n) is 3.67. The molecule has 2 aliphatic heterocycles. The normalized spacial score (nSPS) is 18.9. The van der Waals surface area contributed by atoms with Crippen LogP contribution in [-0.2, 0) is 6.54 Å². The Bertz CT molecular complexity index is 488. The number of thiocarbonyl (C=S) groups is 1. The Balaban J connectivity index is 1.58. The van der Waals surface area contributed by atoms with Crippen LogP contribution < -0.4 is 20.7 Å². The molecule has 1 aromatic carbocycles. The van der Waals surface area contributed by atoms with Crippen LogP contribution in [0.2, 0.25) is 0 Å². The summed E-state index contributed by atoms with van der Waals surface area (Å²) < 4.78 is 5.94. The highest BCUT2D eigenvalue weighted by molar-refractivity contribution is 7.80. The predicted molar refractivity (Wildman–Crippen MR) is 84.3 cm³/mol. The summed E-state index contributed by atoms with van der Waals surface area (Å²) in [5, 5.41) is 10.3. The predicted octanol–water partition coefficient (Wildman–Crippen LogP) is 0.771. The molecule has 0 unspecified atom stereocenters. The molecule has 108 valence electrons. The Morgan fingerprint density at radius 3 is 2.95 bits per heavy atom. The van der Waals surface area contributed by atoms with Crippen LogP contribution in [0.25, 0.3) is 0 Å². The lowest BCUT2D eigenvalue weighted by molar-refractivity contribution is 0.191. The largest absolute Gasteiger partial charge is 0.490 e. The van der Waals surface area contributed by atoms with E-state index in [2.05, 4.69) is 26.9 Å². The Morgan fingerprint density at radius 2 is 2.10 bits per heavy atom. The average Bonchev–Trinajstić information content (AvgIpc) is 2.49. The molecule has 0 atom stereocenters. The van der Waals surface area contributed by atoms with Crippen molar-refractivity contribution in [2.45, 2.75) is 6.54 Å². The van der Waals surface area contributed by atoms with Gasteiger partial charge in [-0.15, -0.1) is 0 Å². The van der Waals surface area contributed by atoms with Gasteiger partial charge in [0.15, 0.2) is 5.11 Å². The van der Waals surface area contributed by atoms with E-state index >= 15 is 0 Å². The molecular formula is C14H20N4OS. The zero-order valence-corrected chi connectivity index (χ0v) is 12.3. The molecule has 1 saturated heterocycles. The van der Waals surface area contributed by atoms with Gasteiger partial charge in [0.25, 0.3) is 0 Å². The van der Waals surface area contributed by atoms with Gasteiger partial charge in [-0.25, -0.2) is 0 Å². The number of piperazine rings is 1. The minimum absolute atomic E-state index is 0.663. The van der Waals surface area contributed by atoms with E-state index in [0.29, 0.717) is 11.7 Å². The summed E-state index contributed by atoms with van der Waals surface area (Å²) >= 11 is 5.16. The van der Waals surface area contributed by atoms with E-state index in [1.54, 1.807) is 0 Å². The fraction of sp³-hybridized carbons (Fsp3) is 0.500. The minimum Gasteiger partial charge on any atom is -0.490 e. The molecule has 3 N–H and O–H groups in total. The fourth-order valence-electron chi connectivity index (χ4n) is 2.54. The SMILES string of the molecule is S=C1NCc2cccc(OCCN3CCNCC3)c2N1. The van der Waals surface area contributed by atoms with Crippen LogP contribution in [0.5, 0.6) is 5.75 Å². The van der Waals surface area contributed by atoms with Crippen molar-refractivity contribution in [3.63, 3.8) is 0 Å². The van der Waals surface area contributed by atoms with Crippen molar-refractivity contribution in [2.75, 3.05) is 44.6 Å². The summed E-state index contributed by atoms with van der Waals surface area (Å²) in [6, 6.07) is 6.11. The van der Waals surface area contributed by atoms with Gasteiger partial charge in [0, 0.05) is 39.3 Å². The molecule has 6 heteroatoms. The number of rotatable bonds is 4. The van der Waals surface area contributed by atoms with Crippen molar-refractivity contribution < 1.29 is 4.74 Å². The quantitative estimate of drug-likeness (QED) is 0.713. The van der Waals surface area contributed by atoms with Crippen LogP contribution >= 0.6 is 12.2 Å². The Kier molecular flexibility index (Phi) is 4.34. The third-order valence-corrected chi connectivity index (χ3v) is 3.91. The molecule has 2 heterocycles. The first-order valence-electron chi connectivity index (χ1n) is 7.05. The zero-order chi connectivity index (χ0) is 13.8. The fourth-order valence-corrected chi connectivity index (χ4v) is 2.71. The second-order valence-corrected chi connectivity index (χ2v) is 5.45. The van der Waals surface area contributed by atoms with Gasteiger partial charge >= 0.3 is 0 Å². The standard InChI is InChI=1S/C14H20N4OS/c20-14-16-10-11-2-1-3-12(13(11)17-14)19-9-8-18-6-4-15-5-7-18/h1-3,15H,4-10H2,(H2,16,17,20). The zero-order valence-electron chi connectivity index (χ0n) is 11.4. The number of benzene rings is 1. The highest BCUT2D eigenvalue weighted by Crippen LogP contribution is 2.30. The van der Waals surface area contributed by atoms with Crippen LogP contribution in [-0.4, -0.2) is 49.3 Å². The van der Waals surface area contributed by atoms with E-state index in [9.17, 15) is 0 Å². The van der Waals surface area contributed by atoms with Gasteiger partial charge in [0.1, 0.15) is 12.4 Å². The molecule has 0 aliphatic carbocycles. The number of para-hydroxylation sites is 1. The highest BCUT2D eigenvalue weighted by Gasteiger charge is 2.16. The lowest BCUT2D eigenvalue weighted by atomic mass is 10.1. The van der Waals surface area contributed by atoms with E-state index in [0.717, 1.165) is 50.7 Å². The van der Waals surface area contributed by atoms with E-state index in [1.807, 2.05) is 12.1 Å². The van der Waals surface area contributed by atoms with E-state index in [4.69, 9.17) is 17.0 Å². The smallest absolute Gasteiger partial charge is 0.171 e. The van der Waals surface area contributed by atoms with Crippen LogP contribution in [0.3, 0.4) is 0 Å². The molecule has 2 aliphatic rings. The molecule has 1 fully saturated rings. The maximum Gasteiger partial charge on any atom is 0.171 e. The van der Waals surface area contributed by atoms with Gasteiger partial charge in [-0.3, -0.25) is 4.90 Å². The molecule has 0 spiro atoms. The van der Waals surface area contributed by atoms with Gasteiger partial charge < -0.3 is 20.7 Å². The van der Waals surface area contributed by atoms with Gasteiger partial charge in [-0.05, 0) is 23.8 Å². The third kappa shape index (κ3) is 3.20. The molecule has 0 amide bonds. The lowest BCUT2D eigenvalue weighted by Gasteiger charge is -2.27. The molecule has 0 saturated carbocycles. The van der Waals surface area contributed by atoms with Crippen molar-refractivity contribution in [3.05, 3.63) is 23.8 Å². The molecule has 0 radical (unpaired) electrons. The summed E-state index contributed by atoms with van der Waals surface area (Å²) in [5.41, 5.74) is 2.20. The first-order chi connectivity index (χ1) is 9.83. The Labute approximate surface area is 124 Å². The summed E-state index contributed by atoms with van der Waals surface area (Å²) in [6.07, 6.45) is 0. The van der Waals surface area contributed by atoms with Gasteiger partial charge in [-0.2, -0.15) is 0 Å². The molecule has 5 nitrogen and oxygen atoms in total. The topological polar surface area (TPSA) is 48.6 Å². The number of nitrogens with zero attached hydrogens (tertiary/aromatic N) is 1. The molecule has 0 bridgehead atoms. The number of fused-ring (bicyclic) bond motifs is 1. The molecule has 0 aromatic heterocycles. The van der Waals surface area contributed by atoms with E-state index < -0.39 is 0 Å². The van der Waals surface area contributed by atoms with Crippen LogP contribution in [0.1, 0.15) is 5.56 Å². The maximum atomic E-state index is 5.94. The summed E-state index contributed by atoms with van der Waals surface area (Å²) in [6.45, 7) is 6.78. The van der Waals surface area contributed by atoms with E-state index in [1.165, 1.54) is 5.56 Å². The van der Waals surface area contributed by atoms with Crippen molar-refractivity contribution in [2.24, 2.45) is 0 Å². The Hall–Kier alpha value is -1.37. The summed E-state index contributed by atoms with van der Waals surface area (Å²) in [5.74, 6) is 0.890. The highest BCUT2D eigenvalue weighted by atomic mass is 32.1. The summed E-state index contributed by atoms with van der Waals surface area (Å²) in [7, 11) is 0. The average molecular weight is 292 g/mol. The molecule has 20 heavy (non-hydrogen) atoms. The van der Waals surface area contributed by atoms with Crippen molar-refractivity contribution in [3.8, 4) is 5.75 Å². The number of ether oxygens (including phenoxy) is 1. The first kappa shape index (κ1) is 13.6. The van der Waals surface area contributed by atoms with E-state index in [-0.39, 0.29) is 0 Å². The maximum absolute atomic E-state index is 5.94. The summed E-state index contributed by atoms with van der Waals surface area (Å²) in [4.78, 5) is 2.42. The van der Waals surface area contributed by atoms with Gasteiger partial charge in [-0.1, -0.05) is 12.1 Å². The monoisotopic (exact) mass is 292 g/mol. The number of hydrogen-bond donors (Lipinski definition) is 3. The van der Waals surface area contributed by atoms with Crippen molar-refractivity contribution in [1.29, 1.82) is 0 Å². The number of anilines is 1. The van der Waals surface area contributed by atoms with Crippen LogP contribution in [0, 0.1) is 0 Å². The molecule has 1 aromatic rings. The molecule has 3 rings (SSSR count). The number of nitrogens with one attached hydrogen (secondary N) is 3. The van der Waals surface area contributed by atoms with Gasteiger partial charge in [0.2, 0.25) is 0 Å². The van der Waals surface area contributed by atoms with Crippen LogP contribution in [0.4, 0.5) is 5.69 Å². The minimum atomic E-state index is 0.663. The Morgan fingerprint density at radius 1 is 1.25 bits per heavy atom.